The van der Waals surface area contributed by atoms with Crippen LogP contribution in [0, 0.1) is 11.6 Å². The third kappa shape index (κ3) is 4.17. The lowest BCUT2D eigenvalue weighted by Gasteiger charge is -2.10. The fourth-order valence-corrected chi connectivity index (χ4v) is 3.89. The maximum atomic E-state index is 14.8. The van der Waals surface area contributed by atoms with E-state index in [4.69, 9.17) is 16.3 Å². The second-order valence-corrected chi connectivity index (χ2v) is 7.99. The van der Waals surface area contributed by atoms with Crippen LogP contribution in [0.25, 0.3) is 33.9 Å². The third-order valence-corrected chi connectivity index (χ3v) is 5.71. The van der Waals surface area contributed by atoms with E-state index in [2.05, 4.69) is 9.97 Å². The summed E-state index contributed by atoms with van der Waals surface area (Å²) in [5.74, 6) is 0.151. The average molecular weight is 462 g/mol. The van der Waals surface area contributed by atoms with Crippen LogP contribution >= 0.6 is 11.6 Å². The molecule has 2 heterocycles. The molecule has 0 atom stereocenters. The Morgan fingerprint density at radius 2 is 1.70 bits per heavy atom. The van der Waals surface area contributed by atoms with Crippen molar-refractivity contribution in [3.63, 3.8) is 0 Å². The average Bonchev–Trinajstić information content (AvgIpc) is 3.24. The maximum absolute atomic E-state index is 14.8. The smallest absolute Gasteiger partial charge is 0.163 e. The molecule has 0 spiro atoms. The Labute approximate surface area is 194 Å². The van der Waals surface area contributed by atoms with Crippen LogP contribution in [0.3, 0.4) is 0 Å². The van der Waals surface area contributed by atoms with Crippen molar-refractivity contribution in [1.82, 2.24) is 14.5 Å². The van der Waals surface area contributed by atoms with E-state index < -0.39 is 5.82 Å². The van der Waals surface area contributed by atoms with Crippen LogP contribution in [0.4, 0.5) is 8.78 Å². The van der Waals surface area contributed by atoms with Gasteiger partial charge in [0.25, 0.3) is 0 Å². The normalized spacial score (nSPS) is 11.2. The van der Waals surface area contributed by atoms with Gasteiger partial charge in [-0.25, -0.2) is 18.7 Å². The first-order valence-electron chi connectivity index (χ1n) is 10.2. The van der Waals surface area contributed by atoms with Crippen LogP contribution in [-0.4, -0.2) is 21.6 Å². The predicted octanol–water partition coefficient (Wildman–Crippen LogP) is 6.71. The summed E-state index contributed by atoms with van der Waals surface area (Å²) in [6, 6.07) is 19.0. The molecule has 0 saturated heterocycles. The first-order chi connectivity index (χ1) is 16.0. The highest BCUT2D eigenvalue weighted by molar-refractivity contribution is 6.31. The Morgan fingerprint density at radius 1 is 0.909 bits per heavy atom. The maximum Gasteiger partial charge on any atom is 0.163 e. The van der Waals surface area contributed by atoms with Gasteiger partial charge in [0, 0.05) is 24.5 Å². The molecular formula is C26H18ClF2N3O. The van der Waals surface area contributed by atoms with Gasteiger partial charge in [0.2, 0.25) is 0 Å². The Hall–Kier alpha value is -3.77. The van der Waals surface area contributed by atoms with Gasteiger partial charge in [-0.1, -0.05) is 41.9 Å². The highest BCUT2D eigenvalue weighted by Crippen LogP contribution is 2.30. The van der Waals surface area contributed by atoms with Gasteiger partial charge in [-0.05, 0) is 47.5 Å². The molecule has 2 aliphatic rings. The molecule has 0 unspecified atom stereocenters. The topological polar surface area (TPSA) is 39.9 Å². The molecule has 0 saturated carbocycles. The SMILES string of the molecule is COc1ccc(-c2ccc(Cn3ccc4nc(-c5cccc(Cl)c5F)nc-4c3)cc2F)cc1. The molecule has 0 aliphatic carbocycles. The Morgan fingerprint density at radius 3 is 2.45 bits per heavy atom. The van der Waals surface area contributed by atoms with E-state index in [9.17, 15) is 8.78 Å². The lowest BCUT2D eigenvalue weighted by molar-refractivity contribution is 0.415. The van der Waals surface area contributed by atoms with Crippen molar-refractivity contribution >= 4 is 11.6 Å². The van der Waals surface area contributed by atoms with Gasteiger partial charge in [-0.3, -0.25) is 0 Å². The second-order valence-electron chi connectivity index (χ2n) is 7.58. The van der Waals surface area contributed by atoms with E-state index in [0.29, 0.717) is 23.5 Å². The van der Waals surface area contributed by atoms with Crippen molar-refractivity contribution < 1.29 is 13.5 Å². The molecule has 0 fully saturated rings. The summed E-state index contributed by atoms with van der Waals surface area (Å²) in [5.41, 5.74) is 3.61. The predicted molar refractivity (Wildman–Crippen MR) is 125 cm³/mol. The fourth-order valence-electron chi connectivity index (χ4n) is 3.72. The quantitative estimate of drug-likeness (QED) is 0.292. The summed E-state index contributed by atoms with van der Waals surface area (Å²) < 4.78 is 36.2. The van der Waals surface area contributed by atoms with Gasteiger partial charge >= 0.3 is 0 Å². The van der Waals surface area contributed by atoms with Crippen molar-refractivity contribution in [3.8, 4) is 39.7 Å². The molecule has 5 rings (SSSR count). The molecular weight excluding hydrogens is 444 g/mol. The van der Waals surface area contributed by atoms with Crippen LogP contribution in [0.1, 0.15) is 5.56 Å². The Bertz CT molecular complexity index is 1420. The van der Waals surface area contributed by atoms with Gasteiger partial charge in [0.1, 0.15) is 17.3 Å². The van der Waals surface area contributed by atoms with Crippen LogP contribution in [0.15, 0.2) is 79.1 Å². The van der Waals surface area contributed by atoms with E-state index in [0.717, 1.165) is 16.9 Å². The zero-order valence-electron chi connectivity index (χ0n) is 17.6. The highest BCUT2D eigenvalue weighted by Gasteiger charge is 2.17. The van der Waals surface area contributed by atoms with Gasteiger partial charge < -0.3 is 9.30 Å². The number of pyridine rings is 1. The number of nitrogens with zero attached hydrogens (tertiary/aromatic N) is 3. The number of imidazole rings is 1. The number of methoxy groups -OCH3 is 1. The second kappa shape index (κ2) is 8.64. The van der Waals surface area contributed by atoms with Crippen LogP contribution in [-0.2, 0) is 6.54 Å². The standard InChI is InChI=1S/C26H18ClF2N3O/c1-33-18-8-6-17(7-9-18)19-10-5-16(13-22(19)28)14-32-12-11-23-24(15-32)31-26(30-23)20-3-2-4-21(27)25(20)29/h2-13,15H,14H2,1H3. The van der Waals surface area contributed by atoms with E-state index in [-0.39, 0.29) is 22.2 Å². The number of halogens is 3. The molecule has 33 heavy (non-hydrogen) atoms. The molecule has 0 N–H and O–H groups in total. The first kappa shape index (κ1) is 21.1. The third-order valence-electron chi connectivity index (χ3n) is 5.42. The minimum Gasteiger partial charge on any atom is -0.497 e. The van der Waals surface area contributed by atoms with Gasteiger partial charge in [-0.2, -0.15) is 0 Å². The van der Waals surface area contributed by atoms with Gasteiger partial charge in [0.05, 0.1) is 23.4 Å². The fraction of sp³-hybridized carbons (Fsp3) is 0.0769. The summed E-state index contributed by atoms with van der Waals surface area (Å²) >= 11 is 5.88. The summed E-state index contributed by atoms with van der Waals surface area (Å²) in [4.78, 5) is 8.87. The lowest BCUT2D eigenvalue weighted by Crippen LogP contribution is -2.01. The van der Waals surface area contributed by atoms with Crippen molar-refractivity contribution in [1.29, 1.82) is 0 Å². The number of hydrogen-bond donors (Lipinski definition) is 0. The van der Waals surface area contributed by atoms with Gasteiger partial charge in [-0.15, -0.1) is 0 Å². The Kier molecular flexibility index (Phi) is 5.52. The number of ether oxygens (including phenoxy) is 1. The van der Waals surface area contributed by atoms with Gasteiger partial charge in [0.15, 0.2) is 11.6 Å². The number of rotatable bonds is 5. The zero-order valence-corrected chi connectivity index (χ0v) is 18.4. The zero-order chi connectivity index (χ0) is 22.9. The first-order valence-corrected chi connectivity index (χ1v) is 10.6. The molecule has 164 valence electrons. The van der Waals surface area contributed by atoms with E-state index in [1.807, 2.05) is 35.2 Å². The van der Waals surface area contributed by atoms with Crippen LogP contribution < -0.4 is 4.74 Å². The molecule has 3 aromatic carbocycles. The van der Waals surface area contributed by atoms with Crippen LogP contribution in [0.2, 0.25) is 5.02 Å². The number of benzene rings is 3. The molecule has 0 bridgehead atoms. The summed E-state index contributed by atoms with van der Waals surface area (Å²) in [7, 11) is 1.59. The molecule has 0 amide bonds. The molecule has 0 aromatic heterocycles. The monoisotopic (exact) mass is 461 g/mol. The van der Waals surface area contributed by atoms with E-state index in [1.54, 1.807) is 43.5 Å². The van der Waals surface area contributed by atoms with Crippen molar-refractivity contribution in [2.45, 2.75) is 6.54 Å². The largest absolute Gasteiger partial charge is 0.497 e. The van der Waals surface area contributed by atoms with E-state index >= 15 is 0 Å². The molecule has 2 aliphatic heterocycles. The van der Waals surface area contributed by atoms with Crippen molar-refractivity contribution in [2.24, 2.45) is 0 Å². The van der Waals surface area contributed by atoms with Crippen LogP contribution in [0.5, 0.6) is 5.75 Å². The molecule has 7 heteroatoms. The van der Waals surface area contributed by atoms with Crippen molar-refractivity contribution in [3.05, 3.63) is 101 Å². The van der Waals surface area contributed by atoms with E-state index in [1.165, 1.54) is 12.1 Å². The molecule has 4 nitrogen and oxygen atoms in total. The summed E-state index contributed by atoms with van der Waals surface area (Å²) in [5, 5.41) is 0.0246. The minimum atomic E-state index is -0.547. The number of aromatic nitrogens is 3. The molecule has 0 radical (unpaired) electrons. The summed E-state index contributed by atoms with van der Waals surface area (Å²) in [6.45, 7) is 0.448. The minimum absolute atomic E-state index is 0.0246. The molecule has 3 aromatic rings. The number of fused-ring (bicyclic) bond motifs is 1. The summed E-state index contributed by atoms with van der Waals surface area (Å²) in [6.07, 6.45) is 3.65. The number of hydrogen-bond acceptors (Lipinski definition) is 3. The van der Waals surface area contributed by atoms with Crippen molar-refractivity contribution in [2.75, 3.05) is 7.11 Å². The lowest BCUT2D eigenvalue weighted by atomic mass is 10.0. The highest BCUT2D eigenvalue weighted by atomic mass is 35.5. The Balaban J connectivity index is 1.40.